The van der Waals surface area contributed by atoms with Crippen molar-refractivity contribution >= 4 is 28.9 Å². The van der Waals surface area contributed by atoms with Gasteiger partial charge < -0.3 is 23.5 Å². The summed E-state index contributed by atoms with van der Waals surface area (Å²) < 4.78 is 19.8. The molecule has 0 saturated carbocycles. The summed E-state index contributed by atoms with van der Waals surface area (Å²) >= 11 is 0. The molecule has 2 atom stereocenters. The van der Waals surface area contributed by atoms with Gasteiger partial charge in [0.15, 0.2) is 5.76 Å². The van der Waals surface area contributed by atoms with Gasteiger partial charge in [-0.1, -0.05) is 5.16 Å². The Morgan fingerprint density at radius 2 is 1.97 bits per heavy atom. The lowest BCUT2D eigenvalue weighted by Gasteiger charge is -2.35. The van der Waals surface area contributed by atoms with Crippen LogP contribution in [0.2, 0.25) is 0 Å². The van der Waals surface area contributed by atoms with Crippen molar-refractivity contribution in [1.29, 1.82) is 0 Å². The van der Waals surface area contributed by atoms with E-state index in [0.717, 1.165) is 25.2 Å². The van der Waals surface area contributed by atoms with Gasteiger partial charge >= 0.3 is 0 Å². The maximum atomic E-state index is 9.63. The lowest BCUT2D eigenvalue weighted by atomic mass is 10.2. The minimum atomic E-state index is 0. The molecule has 0 amide bonds. The highest BCUT2D eigenvalue weighted by Crippen LogP contribution is 2.24. The Morgan fingerprint density at radius 3 is 2.76 bits per heavy atom. The van der Waals surface area contributed by atoms with Crippen molar-refractivity contribution in [3.8, 4) is 17.2 Å². The van der Waals surface area contributed by atoms with Gasteiger partial charge in [-0.2, -0.15) is 0 Å². The number of morpholine rings is 1. The van der Waals surface area contributed by atoms with Gasteiger partial charge in [0.25, 0.3) is 0 Å². The SMILES string of the molecule is C[C@@H]1CN(CCOc2ccc3oc(-c4cc5cccn5cn4)cc(=NO)c3c2)C[C@H](C)O1.Cl. The van der Waals surface area contributed by atoms with E-state index in [1.54, 1.807) is 12.4 Å². The third-order valence-corrected chi connectivity index (χ3v) is 5.66. The summed E-state index contributed by atoms with van der Waals surface area (Å²) in [6.45, 7) is 7.39. The van der Waals surface area contributed by atoms with E-state index < -0.39 is 0 Å². The molecule has 1 aromatic carbocycles. The number of ether oxygens (including phenoxy) is 2. The van der Waals surface area contributed by atoms with Crippen LogP contribution in [0.5, 0.6) is 5.75 Å². The lowest BCUT2D eigenvalue weighted by Crippen LogP contribution is -2.46. The van der Waals surface area contributed by atoms with E-state index >= 15 is 0 Å². The monoisotopic (exact) mass is 470 g/mol. The fourth-order valence-corrected chi connectivity index (χ4v) is 4.28. The summed E-state index contributed by atoms with van der Waals surface area (Å²) in [5.74, 6) is 1.23. The number of aromatic nitrogens is 2. The molecule has 0 radical (unpaired) electrons. The number of hydrogen-bond donors (Lipinski definition) is 1. The first-order valence-corrected chi connectivity index (χ1v) is 10.8. The van der Waals surface area contributed by atoms with Gasteiger partial charge in [0.1, 0.15) is 29.0 Å². The molecule has 1 aliphatic heterocycles. The third-order valence-electron chi connectivity index (χ3n) is 5.66. The quantitative estimate of drug-likeness (QED) is 0.351. The third kappa shape index (κ3) is 4.98. The van der Waals surface area contributed by atoms with Crippen LogP contribution in [0.25, 0.3) is 27.9 Å². The zero-order chi connectivity index (χ0) is 22.1. The normalized spacial score (nSPS) is 19.6. The van der Waals surface area contributed by atoms with E-state index in [1.165, 1.54) is 0 Å². The summed E-state index contributed by atoms with van der Waals surface area (Å²) in [5.41, 5.74) is 2.26. The fraction of sp³-hybridized carbons (Fsp3) is 0.333. The van der Waals surface area contributed by atoms with E-state index in [4.69, 9.17) is 13.9 Å². The van der Waals surface area contributed by atoms with Crippen molar-refractivity contribution < 1.29 is 19.1 Å². The van der Waals surface area contributed by atoms with Gasteiger partial charge in [-0.3, -0.25) is 4.90 Å². The highest BCUT2D eigenvalue weighted by Gasteiger charge is 2.21. The molecule has 0 aliphatic carbocycles. The molecule has 4 aromatic rings. The minimum Gasteiger partial charge on any atom is -0.492 e. The second kappa shape index (κ2) is 9.82. The highest BCUT2D eigenvalue weighted by molar-refractivity contribution is 5.85. The van der Waals surface area contributed by atoms with Crippen molar-refractivity contribution in [3.63, 3.8) is 0 Å². The molecule has 4 heterocycles. The Bertz CT molecular complexity index is 1310. The van der Waals surface area contributed by atoms with Gasteiger partial charge in [-0.25, -0.2) is 4.98 Å². The largest absolute Gasteiger partial charge is 0.492 e. The first kappa shape index (κ1) is 23.1. The van der Waals surface area contributed by atoms with Crippen LogP contribution >= 0.6 is 12.4 Å². The number of fused-ring (bicyclic) bond motifs is 2. The van der Waals surface area contributed by atoms with Crippen LogP contribution < -0.4 is 10.1 Å². The lowest BCUT2D eigenvalue weighted by molar-refractivity contribution is -0.0699. The van der Waals surface area contributed by atoms with E-state index in [0.29, 0.717) is 40.1 Å². The van der Waals surface area contributed by atoms with E-state index in [-0.39, 0.29) is 24.6 Å². The Kier molecular flexibility index (Phi) is 6.88. The van der Waals surface area contributed by atoms with Gasteiger partial charge in [-0.15, -0.1) is 12.4 Å². The summed E-state index contributed by atoms with van der Waals surface area (Å²) in [4.78, 5) is 6.80. The second-order valence-corrected chi connectivity index (χ2v) is 8.23. The van der Waals surface area contributed by atoms with Crippen molar-refractivity contribution in [2.75, 3.05) is 26.2 Å². The smallest absolute Gasteiger partial charge is 0.155 e. The molecule has 0 unspecified atom stereocenters. The second-order valence-electron chi connectivity index (χ2n) is 8.23. The number of hydrogen-bond acceptors (Lipinski definition) is 7. The van der Waals surface area contributed by atoms with Gasteiger partial charge in [0.05, 0.1) is 23.9 Å². The molecule has 3 aromatic heterocycles. The summed E-state index contributed by atoms with van der Waals surface area (Å²) in [7, 11) is 0. The van der Waals surface area contributed by atoms with Crippen LogP contribution in [-0.4, -0.2) is 57.9 Å². The van der Waals surface area contributed by atoms with Crippen LogP contribution in [-0.2, 0) is 4.74 Å². The summed E-state index contributed by atoms with van der Waals surface area (Å²) in [5, 5.41) is 14.2. The topological polar surface area (TPSA) is 84.7 Å². The molecule has 33 heavy (non-hydrogen) atoms. The van der Waals surface area contributed by atoms with Gasteiger partial charge in [0.2, 0.25) is 0 Å². The standard InChI is InChI=1S/C24H26N4O4.ClH/c1-16-13-27(14-17(2)31-16)8-9-30-19-5-6-23-20(11-19)21(26-29)12-24(32-23)22-10-18-4-3-7-28(18)15-25-22;/h3-7,10-12,15-17,29H,8-9,13-14H2,1-2H3;1H/t16-,17+;. The average Bonchev–Trinajstić information content (AvgIpc) is 3.25. The molecule has 1 fully saturated rings. The molecule has 1 N–H and O–H groups in total. The molecular formula is C24H27ClN4O4. The van der Waals surface area contributed by atoms with Crippen LogP contribution in [0, 0.1) is 0 Å². The van der Waals surface area contributed by atoms with Crippen molar-refractivity contribution in [2.45, 2.75) is 26.1 Å². The van der Waals surface area contributed by atoms with E-state index in [2.05, 4.69) is 28.9 Å². The molecule has 1 aliphatic rings. The predicted octanol–water partition coefficient (Wildman–Crippen LogP) is 3.95. The number of halogens is 1. The van der Waals surface area contributed by atoms with Gasteiger partial charge in [0, 0.05) is 37.4 Å². The zero-order valence-electron chi connectivity index (χ0n) is 18.5. The molecule has 174 valence electrons. The molecular weight excluding hydrogens is 444 g/mol. The fourth-order valence-electron chi connectivity index (χ4n) is 4.28. The Morgan fingerprint density at radius 1 is 1.15 bits per heavy atom. The molecule has 5 rings (SSSR count). The maximum Gasteiger partial charge on any atom is 0.155 e. The van der Waals surface area contributed by atoms with Crippen LogP contribution in [0.4, 0.5) is 0 Å². The molecule has 1 saturated heterocycles. The molecule has 0 bridgehead atoms. The van der Waals surface area contributed by atoms with Gasteiger partial charge in [-0.05, 0) is 50.2 Å². The first-order chi connectivity index (χ1) is 15.6. The zero-order valence-corrected chi connectivity index (χ0v) is 19.4. The molecule has 9 heteroatoms. The number of nitrogens with zero attached hydrogens (tertiary/aromatic N) is 4. The number of rotatable bonds is 5. The Hall–Kier alpha value is -3.07. The predicted molar refractivity (Wildman–Crippen MR) is 127 cm³/mol. The van der Waals surface area contributed by atoms with Crippen LogP contribution in [0.15, 0.2) is 64.6 Å². The number of benzene rings is 1. The van der Waals surface area contributed by atoms with Crippen LogP contribution in [0.3, 0.4) is 0 Å². The van der Waals surface area contributed by atoms with Crippen molar-refractivity contribution in [3.05, 3.63) is 60.3 Å². The van der Waals surface area contributed by atoms with E-state index in [1.807, 2.05) is 47.0 Å². The highest BCUT2D eigenvalue weighted by atomic mass is 35.5. The summed E-state index contributed by atoms with van der Waals surface area (Å²) in [6, 6.07) is 13.1. The molecule has 0 spiro atoms. The molecule has 8 nitrogen and oxygen atoms in total. The summed E-state index contributed by atoms with van der Waals surface area (Å²) in [6.07, 6.45) is 4.13. The Balaban J connectivity index is 0.00000259. The Labute approximate surface area is 197 Å². The maximum absolute atomic E-state index is 9.63. The van der Waals surface area contributed by atoms with Crippen LogP contribution in [0.1, 0.15) is 13.8 Å². The average molecular weight is 471 g/mol. The minimum absolute atomic E-state index is 0. The van der Waals surface area contributed by atoms with Crippen molar-refractivity contribution in [1.82, 2.24) is 14.3 Å². The van der Waals surface area contributed by atoms with Crippen molar-refractivity contribution in [2.24, 2.45) is 5.16 Å². The van der Waals surface area contributed by atoms with E-state index in [9.17, 15) is 5.21 Å². The first-order valence-electron chi connectivity index (χ1n) is 10.8.